The maximum absolute atomic E-state index is 5.59. The second kappa shape index (κ2) is 8.65. The zero-order valence-corrected chi connectivity index (χ0v) is 14.8. The van der Waals surface area contributed by atoms with Gasteiger partial charge in [-0.05, 0) is 19.4 Å². The molecule has 21 heavy (non-hydrogen) atoms. The van der Waals surface area contributed by atoms with Crippen LogP contribution in [-0.2, 0) is 18.3 Å². The molecule has 1 aromatic rings. The van der Waals surface area contributed by atoms with E-state index >= 15 is 0 Å². The zero-order chi connectivity index (χ0) is 15.8. The summed E-state index contributed by atoms with van der Waals surface area (Å²) in [6.45, 7) is 2.08. The van der Waals surface area contributed by atoms with Gasteiger partial charge in [-0.2, -0.15) is 0 Å². The van der Waals surface area contributed by atoms with Gasteiger partial charge in [0.1, 0.15) is 0 Å². The molecule has 1 heterocycles. The Hall–Kier alpha value is -0.723. The molecule has 1 aliphatic heterocycles. The van der Waals surface area contributed by atoms with Crippen molar-refractivity contribution < 1.29 is 18.3 Å². The Morgan fingerprint density at radius 1 is 0.905 bits per heavy atom. The summed E-state index contributed by atoms with van der Waals surface area (Å²) in [6, 6.07) is 11.2. The molecule has 0 spiro atoms. The lowest BCUT2D eigenvalue weighted by atomic mass is 10.2. The Kier molecular flexibility index (Phi) is 7.55. The lowest BCUT2D eigenvalue weighted by molar-refractivity contribution is -0.183. The molecule has 0 bridgehead atoms. The van der Waals surface area contributed by atoms with Gasteiger partial charge in [0.25, 0.3) is 0 Å². The minimum absolute atomic E-state index is 0.630. The van der Waals surface area contributed by atoms with E-state index in [1.807, 2.05) is 18.2 Å². The van der Waals surface area contributed by atoms with E-state index in [0.717, 1.165) is 25.3 Å². The molecule has 1 aliphatic rings. The normalized spacial score (nSPS) is 19.5. The third kappa shape index (κ3) is 4.14. The lowest BCUT2D eigenvalue weighted by Crippen LogP contribution is -2.65. The third-order valence-electron chi connectivity index (χ3n) is 4.10. The molecule has 0 saturated carbocycles. The number of benzene rings is 1. The molecule has 0 radical (unpaired) electrons. The number of hydrogen-bond acceptors (Lipinski definition) is 4. The van der Waals surface area contributed by atoms with E-state index in [1.165, 1.54) is 5.56 Å². The molecule has 0 unspecified atom stereocenters. The first-order chi connectivity index (χ1) is 10.1. The van der Waals surface area contributed by atoms with Crippen LogP contribution in [0.15, 0.2) is 30.3 Å². The standard InChI is InChI=1S/C9H20O4Si.C7H8/c1-10-9(11-2)7-5-6-8-14(9,12-3)13-4;1-7-5-3-2-4-6-7/h5-8H2,1-4H3;2-6H,1H3. The number of methoxy groups -OCH3 is 2. The number of aryl methyl sites for hydroxylation is 1. The van der Waals surface area contributed by atoms with E-state index in [9.17, 15) is 0 Å². The van der Waals surface area contributed by atoms with Crippen LogP contribution in [0, 0.1) is 6.92 Å². The number of rotatable bonds is 4. The summed E-state index contributed by atoms with van der Waals surface area (Å²) in [5.74, 6) is 0. The van der Waals surface area contributed by atoms with Gasteiger partial charge in [0.15, 0.2) is 0 Å². The zero-order valence-electron chi connectivity index (χ0n) is 13.8. The van der Waals surface area contributed by atoms with Crippen molar-refractivity contribution in [3.05, 3.63) is 35.9 Å². The van der Waals surface area contributed by atoms with Crippen molar-refractivity contribution in [2.45, 2.75) is 37.6 Å². The predicted molar refractivity (Wildman–Crippen MR) is 86.4 cm³/mol. The molecule has 1 fully saturated rings. The molecule has 4 nitrogen and oxygen atoms in total. The van der Waals surface area contributed by atoms with Gasteiger partial charge in [0.2, 0.25) is 5.41 Å². The fraction of sp³-hybridized carbons (Fsp3) is 0.625. The van der Waals surface area contributed by atoms with E-state index < -0.39 is 14.0 Å². The molecule has 2 rings (SSSR count). The third-order valence-corrected chi connectivity index (χ3v) is 8.25. The van der Waals surface area contributed by atoms with Crippen molar-refractivity contribution in [3.63, 3.8) is 0 Å². The van der Waals surface area contributed by atoms with Gasteiger partial charge < -0.3 is 18.3 Å². The first-order valence-corrected chi connectivity index (χ1v) is 9.34. The minimum Gasteiger partial charge on any atom is -0.395 e. The van der Waals surface area contributed by atoms with Crippen LogP contribution in [0.4, 0.5) is 0 Å². The highest BCUT2D eigenvalue weighted by atomic mass is 28.4. The first kappa shape index (κ1) is 18.3. The number of hydrogen-bond donors (Lipinski definition) is 0. The summed E-state index contributed by atoms with van der Waals surface area (Å²) in [6.07, 6.45) is 3.08. The van der Waals surface area contributed by atoms with Gasteiger partial charge >= 0.3 is 8.56 Å². The SMILES string of the molecule is COC1(OC)CCCC[Si]1(OC)OC.Cc1ccccc1. The van der Waals surface area contributed by atoms with Crippen LogP contribution in [0.25, 0.3) is 0 Å². The molecule has 0 N–H and O–H groups in total. The van der Waals surface area contributed by atoms with E-state index in [4.69, 9.17) is 18.3 Å². The second-order valence-corrected chi connectivity index (χ2v) is 8.77. The van der Waals surface area contributed by atoms with E-state index in [1.54, 1.807) is 28.4 Å². The molecule has 0 atom stereocenters. The van der Waals surface area contributed by atoms with Crippen molar-refractivity contribution in [1.29, 1.82) is 0 Å². The maximum Gasteiger partial charge on any atom is 0.399 e. The Labute approximate surface area is 129 Å². The fourth-order valence-electron chi connectivity index (χ4n) is 2.83. The summed E-state index contributed by atoms with van der Waals surface area (Å²) >= 11 is 0. The predicted octanol–water partition coefficient (Wildman–Crippen LogP) is 3.43. The molecule has 5 heteroatoms. The fourth-order valence-corrected chi connectivity index (χ4v) is 6.30. The summed E-state index contributed by atoms with van der Waals surface area (Å²) in [4.78, 5) is 0. The van der Waals surface area contributed by atoms with Crippen molar-refractivity contribution in [3.8, 4) is 0 Å². The summed E-state index contributed by atoms with van der Waals surface area (Å²) in [5, 5.41) is 0. The highest BCUT2D eigenvalue weighted by Crippen LogP contribution is 2.40. The largest absolute Gasteiger partial charge is 0.399 e. The van der Waals surface area contributed by atoms with Gasteiger partial charge in [-0.1, -0.05) is 42.3 Å². The Bertz CT molecular complexity index is 369. The first-order valence-electron chi connectivity index (χ1n) is 7.32. The van der Waals surface area contributed by atoms with Crippen LogP contribution in [0.3, 0.4) is 0 Å². The maximum atomic E-state index is 5.59. The van der Waals surface area contributed by atoms with E-state index in [0.29, 0.717) is 0 Å². The van der Waals surface area contributed by atoms with Crippen molar-refractivity contribution in [2.75, 3.05) is 28.4 Å². The molecular weight excluding hydrogens is 284 g/mol. The molecule has 0 amide bonds. The van der Waals surface area contributed by atoms with Crippen LogP contribution in [0.2, 0.25) is 6.04 Å². The van der Waals surface area contributed by atoms with Crippen LogP contribution >= 0.6 is 0 Å². The Morgan fingerprint density at radius 2 is 1.48 bits per heavy atom. The van der Waals surface area contributed by atoms with Crippen molar-refractivity contribution in [1.82, 2.24) is 0 Å². The van der Waals surface area contributed by atoms with Crippen LogP contribution in [0.5, 0.6) is 0 Å². The molecule has 1 saturated heterocycles. The second-order valence-electron chi connectivity index (χ2n) is 5.18. The summed E-state index contributed by atoms with van der Waals surface area (Å²) in [5.41, 5.74) is 0.692. The Morgan fingerprint density at radius 3 is 1.81 bits per heavy atom. The Balaban J connectivity index is 0.000000262. The average molecular weight is 312 g/mol. The van der Waals surface area contributed by atoms with Crippen molar-refractivity contribution >= 4 is 8.56 Å². The summed E-state index contributed by atoms with van der Waals surface area (Å²) < 4.78 is 22.2. The smallest absolute Gasteiger partial charge is 0.395 e. The molecule has 0 aliphatic carbocycles. The van der Waals surface area contributed by atoms with Gasteiger partial charge in [0.05, 0.1) is 0 Å². The quantitative estimate of drug-likeness (QED) is 0.630. The van der Waals surface area contributed by atoms with Crippen molar-refractivity contribution in [2.24, 2.45) is 0 Å². The molecule has 120 valence electrons. The van der Waals surface area contributed by atoms with Crippen LogP contribution in [-0.4, -0.2) is 42.4 Å². The average Bonchev–Trinajstić information content (AvgIpc) is 2.55. The monoisotopic (exact) mass is 312 g/mol. The van der Waals surface area contributed by atoms with Gasteiger partial charge in [-0.15, -0.1) is 0 Å². The van der Waals surface area contributed by atoms with Gasteiger partial charge in [-0.3, -0.25) is 0 Å². The van der Waals surface area contributed by atoms with Gasteiger partial charge in [0, 0.05) is 34.9 Å². The highest BCUT2D eigenvalue weighted by molar-refractivity contribution is 6.70. The lowest BCUT2D eigenvalue weighted by Gasteiger charge is -2.46. The van der Waals surface area contributed by atoms with Gasteiger partial charge in [-0.25, -0.2) is 0 Å². The number of ether oxygens (including phenoxy) is 2. The summed E-state index contributed by atoms with van der Waals surface area (Å²) in [7, 11) is 4.34. The minimum atomic E-state index is -2.35. The molecule has 1 aromatic carbocycles. The molecular formula is C16H28O4Si. The van der Waals surface area contributed by atoms with Crippen LogP contribution in [0.1, 0.15) is 24.8 Å². The highest BCUT2D eigenvalue weighted by Gasteiger charge is 2.60. The van der Waals surface area contributed by atoms with Crippen LogP contribution < -0.4 is 0 Å². The van der Waals surface area contributed by atoms with E-state index in [2.05, 4.69) is 19.1 Å². The van der Waals surface area contributed by atoms with E-state index in [-0.39, 0.29) is 0 Å². The molecule has 0 aromatic heterocycles. The topological polar surface area (TPSA) is 36.9 Å².